The van der Waals surface area contributed by atoms with Crippen LogP contribution in [0.25, 0.3) is 17.4 Å². The summed E-state index contributed by atoms with van der Waals surface area (Å²) in [6.07, 6.45) is 5.07. The van der Waals surface area contributed by atoms with E-state index in [1.165, 1.54) is 0 Å². The van der Waals surface area contributed by atoms with Crippen LogP contribution in [0.4, 0.5) is 0 Å². The second-order valence-electron chi connectivity index (χ2n) is 3.52. The van der Waals surface area contributed by atoms with Gasteiger partial charge in [-0.1, -0.05) is 24.6 Å². The van der Waals surface area contributed by atoms with E-state index in [9.17, 15) is 0 Å². The van der Waals surface area contributed by atoms with Gasteiger partial charge in [-0.25, -0.2) is 0 Å². The Bertz CT molecular complexity index is 480. The molecule has 2 heteroatoms. The van der Waals surface area contributed by atoms with Crippen LogP contribution in [0.3, 0.4) is 0 Å². The molecule has 0 fully saturated rings. The van der Waals surface area contributed by atoms with Gasteiger partial charge in [-0.2, -0.15) is 0 Å². The van der Waals surface area contributed by atoms with Crippen LogP contribution in [0, 0.1) is 0 Å². The monoisotopic (exact) mass is 232 g/mol. The Morgan fingerprint density at radius 2 is 1.88 bits per heavy atom. The van der Waals surface area contributed by atoms with Crippen LogP contribution in [0.15, 0.2) is 46.9 Å². The molecule has 0 bridgehead atoms. The quantitative estimate of drug-likeness (QED) is 0.724. The van der Waals surface area contributed by atoms with E-state index in [0.29, 0.717) is 0 Å². The third kappa shape index (κ3) is 2.56. The van der Waals surface area contributed by atoms with E-state index in [2.05, 4.69) is 13.0 Å². The van der Waals surface area contributed by atoms with E-state index < -0.39 is 0 Å². The van der Waals surface area contributed by atoms with Crippen molar-refractivity contribution in [3.05, 3.63) is 53.3 Å². The van der Waals surface area contributed by atoms with Gasteiger partial charge in [0.05, 0.1) is 0 Å². The lowest BCUT2D eigenvalue weighted by atomic mass is 10.2. The standard InChI is InChI=1S/C14H13ClO/c1-2-3-4-13-9-10-14(16-13)11-5-7-12(15)8-6-11/h3-10H,2H2,1H3. The summed E-state index contributed by atoms with van der Waals surface area (Å²) < 4.78 is 5.68. The van der Waals surface area contributed by atoms with Gasteiger partial charge in [0.1, 0.15) is 11.5 Å². The highest BCUT2D eigenvalue weighted by molar-refractivity contribution is 6.30. The Hall–Kier alpha value is -1.47. The number of halogens is 1. The third-order valence-electron chi connectivity index (χ3n) is 2.27. The van der Waals surface area contributed by atoms with Gasteiger partial charge in [-0.3, -0.25) is 0 Å². The van der Waals surface area contributed by atoms with Gasteiger partial charge in [-0.15, -0.1) is 0 Å². The molecule has 2 rings (SSSR count). The summed E-state index contributed by atoms with van der Waals surface area (Å²) in [5, 5.41) is 0.737. The second kappa shape index (κ2) is 5.04. The molecule has 0 radical (unpaired) electrons. The van der Waals surface area contributed by atoms with Gasteiger partial charge < -0.3 is 4.42 Å². The molecule has 1 heterocycles. The van der Waals surface area contributed by atoms with Crippen molar-refractivity contribution >= 4 is 17.7 Å². The highest BCUT2D eigenvalue weighted by Gasteiger charge is 2.02. The SMILES string of the molecule is CCC=Cc1ccc(-c2ccc(Cl)cc2)o1. The Morgan fingerprint density at radius 3 is 2.56 bits per heavy atom. The summed E-state index contributed by atoms with van der Waals surface area (Å²) in [7, 11) is 0. The van der Waals surface area contributed by atoms with Crippen molar-refractivity contribution in [1.82, 2.24) is 0 Å². The fraction of sp³-hybridized carbons (Fsp3) is 0.143. The zero-order chi connectivity index (χ0) is 11.4. The van der Waals surface area contributed by atoms with E-state index in [0.717, 1.165) is 28.5 Å². The smallest absolute Gasteiger partial charge is 0.134 e. The minimum Gasteiger partial charge on any atom is -0.457 e. The number of furan rings is 1. The molecule has 0 saturated carbocycles. The maximum atomic E-state index is 5.83. The first-order chi connectivity index (χ1) is 7.79. The predicted molar refractivity (Wildman–Crippen MR) is 68.5 cm³/mol. The van der Waals surface area contributed by atoms with Crippen LogP contribution in [-0.2, 0) is 0 Å². The van der Waals surface area contributed by atoms with Crippen LogP contribution in [0.1, 0.15) is 19.1 Å². The second-order valence-corrected chi connectivity index (χ2v) is 3.96. The van der Waals surface area contributed by atoms with Crippen LogP contribution in [0.2, 0.25) is 5.02 Å². The van der Waals surface area contributed by atoms with Crippen molar-refractivity contribution in [1.29, 1.82) is 0 Å². The molecule has 1 nitrogen and oxygen atoms in total. The number of allylic oxidation sites excluding steroid dienone is 1. The molecule has 0 amide bonds. The van der Waals surface area contributed by atoms with Gasteiger partial charge >= 0.3 is 0 Å². The van der Waals surface area contributed by atoms with E-state index in [-0.39, 0.29) is 0 Å². The summed E-state index contributed by atoms with van der Waals surface area (Å²) in [5.41, 5.74) is 1.04. The highest BCUT2D eigenvalue weighted by Crippen LogP contribution is 2.24. The van der Waals surface area contributed by atoms with E-state index in [4.69, 9.17) is 16.0 Å². The first-order valence-corrected chi connectivity index (χ1v) is 5.69. The molecule has 16 heavy (non-hydrogen) atoms. The number of rotatable bonds is 3. The van der Waals surface area contributed by atoms with Crippen LogP contribution < -0.4 is 0 Å². The van der Waals surface area contributed by atoms with Gasteiger partial charge in [0.25, 0.3) is 0 Å². The molecular formula is C14H13ClO. The van der Waals surface area contributed by atoms with E-state index in [1.54, 1.807) is 0 Å². The average Bonchev–Trinajstić information content (AvgIpc) is 2.76. The molecule has 0 aliphatic heterocycles. The van der Waals surface area contributed by atoms with Crippen molar-refractivity contribution < 1.29 is 4.42 Å². The molecule has 1 aromatic carbocycles. The number of hydrogen-bond donors (Lipinski definition) is 0. The molecule has 0 atom stereocenters. The molecule has 0 aliphatic carbocycles. The van der Waals surface area contributed by atoms with Crippen molar-refractivity contribution in [3.8, 4) is 11.3 Å². The van der Waals surface area contributed by atoms with Gasteiger partial charge in [0, 0.05) is 10.6 Å². The first kappa shape index (κ1) is 11.0. The van der Waals surface area contributed by atoms with E-state index >= 15 is 0 Å². The lowest BCUT2D eigenvalue weighted by molar-refractivity contribution is 0.571. The highest BCUT2D eigenvalue weighted by atomic mass is 35.5. The Morgan fingerprint density at radius 1 is 1.12 bits per heavy atom. The Labute approximate surface area is 100 Å². The van der Waals surface area contributed by atoms with Gasteiger partial charge in [0.2, 0.25) is 0 Å². The minimum absolute atomic E-state index is 0.737. The summed E-state index contributed by atoms with van der Waals surface area (Å²) >= 11 is 5.83. The summed E-state index contributed by atoms with van der Waals surface area (Å²) in [6.45, 7) is 2.10. The predicted octanol–water partition coefficient (Wildman–Crippen LogP) is 5.02. The van der Waals surface area contributed by atoms with Gasteiger partial charge in [-0.05, 0) is 48.9 Å². The normalized spacial score (nSPS) is 11.1. The largest absolute Gasteiger partial charge is 0.457 e. The zero-order valence-corrected chi connectivity index (χ0v) is 9.87. The lowest BCUT2D eigenvalue weighted by Gasteiger charge is -1.96. The average molecular weight is 233 g/mol. The maximum absolute atomic E-state index is 5.83. The van der Waals surface area contributed by atoms with Crippen LogP contribution >= 0.6 is 11.6 Å². The number of benzene rings is 1. The van der Waals surface area contributed by atoms with Crippen molar-refractivity contribution in [2.75, 3.05) is 0 Å². The number of hydrogen-bond acceptors (Lipinski definition) is 1. The lowest BCUT2D eigenvalue weighted by Crippen LogP contribution is -1.71. The molecule has 0 N–H and O–H groups in total. The molecule has 0 unspecified atom stereocenters. The van der Waals surface area contributed by atoms with Crippen LogP contribution in [-0.4, -0.2) is 0 Å². The van der Waals surface area contributed by atoms with Gasteiger partial charge in [0.15, 0.2) is 0 Å². The van der Waals surface area contributed by atoms with Crippen molar-refractivity contribution in [3.63, 3.8) is 0 Å². The van der Waals surface area contributed by atoms with Crippen molar-refractivity contribution in [2.45, 2.75) is 13.3 Å². The fourth-order valence-electron chi connectivity index (χ4n) is 1.45. The molecule has 82 valence electrons. The molecule has 0 saturated heterocycles. The fourth-order valence-corrected chi connectivity index (χ4v) is 1.57. The molecule has 2 aromatic rings. The molecule has 1 aromatic heterocycles. The topological polar surface area (TPSA) is 13.1 Å². The van der Waals surface area contributed by atoms with E-state index in [1.807, 2.05) is 42.5 Å². The Balaban J connectivity index is 2.24. The zero-order valence-electron chi connectivity index (χ0n) is 9.11. The molecular weight excluding hydrogens is 220 g/mol. The van der Waals surface area contributed by atoms with Crippen LogP contribution in [0.5, 0.6) is 0 Å². The summed E-state index contributed by atoms with van der Waals surface area (Å²) in [4.78, 5) is 0. The minimum atomic E-state index is 0.737. The first-order valence-electron chi connectivity index (χ1n) is 5.32. The van der Waals surface area contributed by atoms with Crippen molar-refractivity contribution in [2.24, 2.45) is 0 Å². The Kier molecular flexibility index (Phi) is 3.47. The molecule has 0 aliphatic rings. The summed E-state index contributed by atoms with van der Waals surface area (Å²) in [6, 6.07) is 11.6. The third-order valence-corrected chi connectivity index (χ3v) is 2.53. The summed E-state index contributed by atoms with van der Waals surface area (Å²) in [5.74, 6) is 1.75. The maximum Gasteiger partial charge on any atom is 0.134 e. The molecule has 0 spiro atoms.